The van der Waals surface area contributed by atoms with Crippen LogP contribution in [0.2, 0.25) is 0 Å². The lowest BCUT2D eigenvalue weighted by atomic mass is 10.1. The number of thiazole rings is 1. The molecule has 25 heavy (non-hydrogen) atoms. The molecule has 0 saturated carbocycles. The van der Waals surface area contributed by atoms with Crippen molar-refractivity contribution < 1.29 is 9.59 Å². The molecule has 3 N–H and O–H groups in total. The molecule has 2 aromatic rings. The molecule has 3 rings (SSSR count). The summed E-state index contributed by atoms with van der Waals surface area (Å²) in [6.45, 7) is 2.29. The first-order valence-electron chi connectivity index (χ1n) is 7.94. The van der Waals surface area contributed by atoms with E-state index >= 15 is 0 Å². The number of hydrogen-bond donors (Lipinski definition) is 2. The standard InChI is InChI=1S/C17H20N4O2S.ClH/c18-8-15-20-14(11-24-15)17(23)19-9-12-3-5-13(6-4-12)10-21-7-1-2-16(21)22;/h3-6,11H,1-2,7-10,18H2,(H,19,23);1H. The zero-order chi connectivity index (χ0) is 16.9. The minimum absolute atomic E-state index is 0. The summed E-state index contributed by atoms with van der Waals surface area (Å²) in [7, 11) is 0. The number of nitrogens with zero attached hydrogens (tertiary/aromatic N) is 2. The van der Waals surface area contributed by atoms with Gasteiger partial charge in [0.05, 0.1) is 0 Å². The summed E-state index contributed by atoms with van der Waals surface area (Å²) < 4.78 is 0. The second-order valence-electron chi connectivity index (χ2n) is 5.75. The molecule has 1 saturated heterocycles. The smallest absolute Gasteiger partial charge is 0.271 e. The van der Waals surface area contributed by atoms with E-state index in [-0.39, 0.29) is 24.2 Å². The highest BCUT2D eigenvalue weighted by atomic mass is 35.5. The van der Waals surface area contributed by atoms with Gasteiger partial charge in [-0.15, -0.1) is 23.7 Å². The van der Waals surface area contributed by atoms with E-state index in [9.17, 15) is 9.59 Å². The minimum Gasteiger partial charge on any atom is -0.347 e. The average molecular weight is 381 g/mol. The van der Waals surface area contributed by atoms with Crippen LogP contribution in [-0.4, -0.2) is 28.2 Å². The molecule has 1 aromatic heterocycles. The Balaban J connectivity index is 0.00000225. The third-order valence-electron chi connectivity index (χ3n) is 3.98. The molecule has 0 radical (unpaired) electrons. The fourth-order valence-electron chi connectivity index (χ4n) is 2.64. The van der Waals surface area contributed by atoms with Crippen LogP contribution in [-0.2, 0) is 24.4 Å². The zero-order valence-corrected chi connectivity index (χ0v) is 15.4. The van der Waals surface area contributed by atoms with Gasteiger partial charge in [-0.3, -0.25) is 9.59 Å². The van der Waals surface area contributed by atoms with Gasteiger partial charge < -0.3 is 16.0 Å². The molecule has 8 heteroatoms. The number of rotatable bonds is 6. The molecule has 6 nitrogen and oxygen atoms in total. The number of aromatic nitrogens is 1. The van der Waals surface area contributed by atoms with Gasteiger partial charge in [0.15, 0.2) is 0 Å². The van der Waals surface area contributed by atoms with Crippen molar-refractivity contribution in [2.75, 3.05) is 6.54 Å². The number of amides is 2. The van der Waals surface area contributed by atoms with Crippen LogP contribution in [0.4, 0.5) is 0 Å². The van der Waals surface area contributed by atoms with Crippen LogP contribution in [0.3, 0.4) is 0 Å². The Bertz CT molecular complexity index is 733. The Labute approximate surface area is 156 Å². The molecule has 134 valence electrons. The molecule has 2 amide bonds. The fourth-order valence-corrected chi connectivity index (χ4v) is 3.29. The first kappa shape index (κ1) is 19.4. The minimum atomic E-state index is -0.197. The van der Waals surface area contributed by atoms with Gasteiger partial charge in [0.25, 0.3) is 5.91 Å². The third kappa shape index (κ3) is 5.01. The Kier molecular flexibility index (Phi) is 6.92. The third-order valence-corrected chi connectivity index (χ3v) is 4.85. The molecule has 2 heterocycles. The lowest BCUT2D eigenvalue weighted by Crippen LogP contribution is -2.24. The summed E-state index contributed by atoms with van der Waals surface area (Å²) in [5.41, 5.74) is 8.02. The van der Waals surface area contributed by atoms with E-state index in [0.29, 0.717) is 31.7 Å². The van der Waals surface area contributed by atoms with Gasteiger partial charge in [-0.1, -0.05) is 24.3 Å². The Hall–Kier alpha value is -1.96. The van der Waals surface area contributed by atoms with E-state index in [1.54, 1.807) is 5.38 Å². The monoisotopic (exact) mass is 380 g/mol. The van der Waals surface area contributed by atoms with E-state index in [0.717, 1.165) is 29.1 Å². The average Bonchev–Trinajstić information content (AvgIpc) is 3.23. The maximum absolute atomic E-state index is 12.0. The van der Waals surface area contributed by atoms with Crippen LogP contribution in [0.15, 0.2) is 29.6 Å². The second kappa shape index (κ2) is 8.94. The number of nitrogens with two attached hydrogens (primary N) is 1. The van der Waals surface area contributed by atoms with Crippen LogP contribution in [0, 0.1) is 0 Å². The Morgan fingerprint density at radius 1 is 1.28 bits per heavy atom. The second-order valence-corrected chi connectivity index (χ2v) is 6.69. The predicted molar refractivity (Wildman–Crippen MR) is 99.5 cm³/mol. The van der Waals surface area contributed by atoms with Crippen LogP contribution in [0.25, 0.3) is 0 Å². The number of halogens is 1. The van der Waals surface area contributed by atoms with E-state index in [4.69, 9.17) is 5.73 Å². The number of nitrogens with one attached hydrogen (secondary N) is 1. The summed E-state index contributed by atoms with van der Waals surface area (Å²) in [5.74, 6) is 0.0316. The van der Waals surface area contributed by atoms with Crippen LogP contribution in [0.1, 0.15) is 39.5 Å². The summed E-state index contributed by atoms with van der Waals surface area (Å²) in [5, 5.41) is 5.32. The van der Waals surface area contributed by atoms with Gasteiger partial charge in [-0.05, 0) is 17.5 Å². The largest absolute Gasteiger partial charge is 0.347 e. The topological polar surface area (TPSA) is 88.3 Å². The van der Waals surface area contributed by atoms with Crippen LogP contribution in [0.5, 0.6) is 0 Å². The SMILES string of the molecule is Cl.NCc1nc(C(=O)NCc2ccc(CN3CCCC3=O)cc2)cs1. The molecular formula is C17H21ClN4O2S. The summed E-state index contributed by atoms with van der Waals surface area (Å²) in [6.07, 6.45) is 1.61. The molecule has 1 fully saturated rings. The highest BCUT2D eigenvalue weighted by Crippen LogP contribution is 2.15. The molecule has 1 aliphatic rings. The molecular weight excluding hydrogens is 360 g/mol. The number of benzene rings is 1. The van der Waals surface area contributed by atoms with Crippen molar-refractivity contribution in [1.82, 2.24) is 15.2 Å². The normalized spacial score (nSPS) is 13.6. The molecule has 1 aromatic carbocycles. The molecule has 1 aliphatic heterocycles. The van der Waals surface area contributed by atoms with Crippen molar-refractivity contribution in [1.29, 1.82) is 0 Å². The van der Waals surface area contributed by atoms with Gasteiger partial charge in [0, 0.05) is 38.0 Å². The van der Waals surface area contributed by atoms with Crippen molar-refractivity contribution in [3.05, 3.63) is 51.5 Å². The Morgan fingerprint density at radius 2 is 2.00 bits per heavy atom. The van der Waals surface area contributed by atoms with Gasteiger partial charge in [0.2, 0.25) is 5.91 Å². The quantitative estimate of drug-likeness (QED) is 0.803. The first-order valence-corrected chi connectivity index (χ1v) is 8.82. The van der Waals surface area contributed by atoms with Crippen molar-refractivity contribution in [3.8, 4) is 0 Å². The van der Waals surface area contributed by atoms with E-state index in [2.05, 4.69) is 10.3 Å². The molecule has 0 aliphatic carbocycles. The molecule has 0 atom stereocenters. The number of carbonyl (C=O) groups is 2. The predicted octanol–water partition coefficient (Wildman–Crippen LogP) is 2.08. The van der Waals surface area contributed by atoms with Gasteiger partial charge >= 0.3 is 0 Å². The molecule has 0 bridgehead atoms. The molecule has 0 unspecified atom stereocenters. The summed E-state index contributed by atoms with van der Waals surface area (Å²) in [4.78, 5) is 29.7. The van der Waals surface area contributed by atoms with Crippen molar-refractivity contribution in [2.45, 2.75) is 32.5 Å². The number of carbonyl (C=O) groups excluding carboxylic acids is 2. The number of hydrogen-bond acceptors (Lipinski definition) is 5. The number of likely N-dealkylation sites (tertiary alicyclic amines) is 1. The highest BCUT2D eigenvalue weighted by Gasteiger charge is 2.19. The van der Waals surface area contributed by atoms with E-state index in [1.807, 2.05) is 29.2 Å². The van der Waals surface area contributed by atoms with Gasteiger partial charge in [-0.25, -0.2) is 4.98 Å². The van der Waals surface area contributed by atoms with Gasteiger partial charge in [0.1, 0.15) is 10.7 Å². The van der Waals surface area contributed by atoms with Gasteiger partial charge in [-0.2, -0.15) is 0 Å². The van der Waals surface area contributed by atoms with Crippen LogP contribution < -0.4 is 11.1 Å². The summed E-state index contributed by atoms with van der Waals surface area (Å²) in [6, 6.07) is 7.95. The zero-order valence-electron chi connectivity index (χ0n) is 13.7. The van der Waals surface area contributed by atoms with Crippen LogP contribution >= 0.6 is 23.7 Å². The first-order chi connectivity index (χ1) is 11.7. The van der Waals surface area contributed by atoms with Crippen molar-refractivity contribution in [2.24, 2.45) is 5.73 Å². The van der Waals surface area contributed by atoms with Crippen molar-refractivity contribution >= 4 is 35.6 Å². The summed E-state index contributed by atoms with van der Waals surface area (Å²) >= 11 is 1.39. The fraction of sp³-hybridized carbons (Fsp3) is 0.353. The highest BCUT2D eigenvalue weighted by molar-refractivity contribution is 7.09. The van der Waals surface area contributed by atoms with E-state index < -0.39 is 0 Å². The molecule has 0 spiro atoms. The Morgan fingerprint density at radius 3 is 2.60 bits per heavy atom. The maximum Gasteiger partial charge on any atom is 0.271 e. The van der Waals surface area contributed by atoms with Crippen molar-refractivity contribution in [3.63, 3.8) is 0 Å². The lowest BCUT2D eigenvalue weighted by Gasteiger charge is -2.15. The lowest BCUT2D eigenvalue weighted by molar-refractivity contribution is -0.128. The van der Waals surface area contributed by atoms with E-state index in [1.165, 1.54) is 11.3 Å². The maximum atomic E-state index is 12.0.